The van der Waals surface area contributed by atoms with Gasteiger partial charge in [0.25, 0.3) is 5.91 Å². The summed E-state index contributed by atoms with van der Waals surface area (Å²) in [4.78, 5) is 17.5. The molecule has 0 radical (unpaired) electrons. The summed E-state index contributed by atoms with van der Waals surface area (Å²) in [5.41, 5.74) is 0.461. The van der Waals surface area contributed by atoms with Crippen molar-refractivity contribution in [3.63, 3.8) is 0 Å². The van der Waals surface area contributed by atoms with Crippen LogP contribution in [0.4, 0.5) is 0 Å². The monoisotopic (exact) mass is 532 g/mol. The summed E-state index contributed by atoms with van der Waals surface area (Å²) in [5.74, 6) is 0.106. The smallest absolute Gasteiger partial charge is 0.283 e. The van der Waals surface area contributed by atoms with Gasteiger partial charge in [0, 0.05) is 6.42 Å². The van der Waals surface area contributed by atoms with Crippen LogP contribution in [0, 0.1) is 5.41 Å². The van der Waals surface area contributed by atoms with Crippen LogP contribution in [0.1, 0.15) is 18.9 Å². The summed E-state index contributed by atoms with van der Waals surface area (Å²) in [5, 5.41) is 8.53. The minimum atomic E-state index is -3.71. The Hall–Kier alpha value is -3.15. The number of ether oxygens (including phenoxy) is 2. The minimum Gasteiger partial charge on any atom is -0.493 e. The van der Waals surface area contributed by atoms with Crippen LogP contribution < -0.4 is 9.47 Å². The number of amides is 1. The Kier molecular flexibility index (Phi) is 7.58. The second kappa shape index (κ2) is 10.6. The number of rotatable bonds is 8. The highest BCUT2D eigenvalue weighted by Crippen LogP contribution is 2.31. The van der Waals surface area contributed by atoms with Crippen LogP contribution in [-0.2, 0) is 14.6 Å². The van der Waals surface area contributed by atoms with Crippen molar-refractivity contribution in [2.75, 3.05) is 19.0 Å². The number of para-hydroxylation sites is 1. The van der Waals surface area contributed by atoms with Gasteiger partial charge in [-0.25, -0.2) is 13.3 Å². The molecular weight excluding hydrogens is 512 g/mol. The first-order valence-electron chi connectivity index (χ1n) is 10.6. The van der Waals surface area contributed by atoms with Crippen molar-refractivity contribution in [2.45, 2.75) is 13.3 Å². The molecule has 0 bridgehead atoms. The standard InChI is InChI=1S/C23H21ClN4O5S2/c1-2-35(30,31)23-27-34-22-26-21(29)17(20(25)28(22)23)13-15-9-10-19(18(24)14-15)33-12-6-11-32-16-7-4-3-5-8-16/h3-5,7-10,13-14,25H,2,6,11-12H2,1H3/b17-13-,25-20?. The molecule has 1 amide bonds. The minimum absolute atomic E-state index is 0.0437. The fourth-order valence-electron chi connectivity index (χ4n) is 3.17. The summed E-state index contributed by atoms with van der Waals surface area (Å²) in [6.07, 6.45) is 2.09. The second-order valence-electron chi connectivity index (χ2n) is 7.36. The van der Waals surface area contributed by atoms with E-state index >= 15 is 0 Å². The Morgan fingerprint density at radius 2 is 1.89 bits per heavy atom. The Morgan fingerprint density at radius 1 is 1.14 bits per heavy atom. The normalized spacial score (nSPS) is 16.7. The van der Waals surface area contributed by atoms with Gasteiger partial charge in [0.05, 0.1) is 41.5 Å². The number of amidine groups is 3. The lowest BCUT2D eigenvalue weighted by molar-refractivity contribution is -0.114. The maximum absolute atomic E-state index is 12.5. The molecule has 0 unspecified atom stereocenters. The molecule has 2 aromatic carbocycles. The third-order valence-corrected chi connectivity index (χ3v) is 7.68. The molecule has 0 saturated carbocycles. The number of benzene rings is 2. The molecule has 2 heterocycles. The number of hydrogen-bond acceptors (Lipinski definition) is 8. The average Bonchev–Trinajstić information content (AvgIpc) is 3.28. The number of sulfone groups is 1. The summed E-state index contributed by atoms with van der Waals surface area (Å²) in [6.45, 7) is 2.37. The van der Waals surface area contributed by atoms with Gasteiger partial charge in [-0.15, -0.1) is 0 Å². The van der Waals surface area contributed by atoms with Gasteiger partial charge >= 0.3 is 0 Å². The van der Waals surface area contributed by atoms with E-state index in [1.165, 1.54) is 13.0 Å². The van der Waals surface area contributed by atoms with E-state index in [1.54, 1.807) is 18.2 Å². The molecule has 9 nitrogen and oxygen atoms in total. The van der Waals surface area contributed by atoms with Crippen LogP contribution in [0.5, 0.6) is 11.5 Å². The molecule has 4 rings (SSSR count). The van der Waals surface area contributed by atoms with Crippen LogP contribution in [0.25, 0.3) is 6.08 Å². The van der Waals surface area contributed by atoms with Crippen molar-refractivity contribution in [3.8, 4) is 11.5 Å². The van der Waals surface area contributed by atoms with Gasteiger partial charge in [-0.1, -0.05) is 42.8 Å². The molecule has 0 aliphatic carbocycles. The molecule has 0 spiro atoms. The van der Waals surface area contributed by atoms with Gasteiger partial charge in [-0.05, 0) is 35.9 Å². The van der Waals surface area contributed by atoms with Crippen molar-refractivity contribution in [3.05, 3.63) is 64.7 Å². The summed E-state index contributed by atoms with van der Waals surface area (Å²) in [7, 11) is -3.71. The fourth-order valence-corrected chi connectivity index (χ4v) is 5.37. The van der Waals surface area contributed by atoms with E-state index < -0.39 is 15.7 Å². The van der Waals surface area contributed by atoms with Crippen LogP contribution >= 0.6 is 23.5 Å². The largest absolute Gasteiger partial charge is 0.493 e. The Bertz CT molecular complexity index is 1360. The molecule has 2 aliphatic rings. The molecule has 0 saturated heterocycles. The zero-order chi connectivity index (χ0) is 25.0. The Labute approximate surface area is 212 Å². The Balaban J connectivity index is 1.42. The van der Waals surface area contributed by atoms with Crippen LogP contribution in [-0.4, -0.2) is 54.4 Å². The van der Waals surface area contributed by atoms with Gasteiger partial charge in [0.2, 0.25) is 20.2 Å². The lowest BCUT2D eigenvalue weighted by atomic mass is 10.1. The zero-order valence-corrected chi connectivity index (χ0v) is 21.0. The van der Waals surface area contributed by atoms with Crippen LogP contribution in [0.15, 0.2) is 63.5 Å². The molecule has 0 aromatic heterocycles. The predicted octanol–water partition coefficient (Wildman–Crippen LogP) is 4.20. The molecule has 182 valence electrons. The molecule has 2 aromatic rings. The van der Waals surface area contributed by atoms with E-state index in [-0.39, 0.29) is 27.5 Å². The highest BCUT2D eigenvalue weighted by molar-refractivity contribution is 8.16. The van der Waals surface area contributed by atoms with Gasteiger partial charge in [-0.2, -0.15) is 9.39 Å². The van der Waals surface area contributed by atoms with E-state index in [0.29, 0.717) is 36.0 Å². The van der Waals surface area contributed by atoms with Crippen molar-refractivity contribution >= 4 is 61.5 Å². The summed E-state index contributed by atoms with van der Waals surface area (Å²) >= 11 is 7.11. The van der Waals surface area contributed by atoms with E-state index in [1.807, 2.05) is 30.3 Å². The third kappa shape index (κ3) is 5.58. The zero-order valence-electron chi connectivity index (χ0n) is 18.6. The number of nitrogens with one attached hydrogen (secondary N) is 1. The fraction of sp³-hybridized carbons (Fsp3) is 0.217. The highest BCUT2D eigenvalue weighted by Gasteiger charge is 2.42. The lowest BCUT2D eigenvalue weighted by Gasteiger charge is -2.24. The van der Waals surface area contributed by atoms with Crippen molar-refractivity contribution < 1.29 is 22.7 Å². The maximum atomic E-state index is 12.5. The number of carbonyl (C=O) groups excluding carboxylic acids is 1. The number of carbonyl (C=O) groups is 1. The van der Waals surface area contributed by atoms with E-state index in [2.05, 4.69) is 9.39 Å². The van der Waals surface area contributed by atoms with E-state index in [4.69, 9.17) is 26.5 Å². The maximum Gasteiger partial charge on any atom is 0.283 e. The van der Waals surface area contributed by atoms with Crippen LogP contribution in [0.2, 0.25) is 5.02 Å². The molecule has 35 heavy (non-hydrogen) atoms. The summed E-state index contributed by atoms with van der Waals surface area (Å²) in [6, 6.07) is 14.4. The molecule has 0 atom stereocenters. The van der Waals surface area contributed by atoms with Gasteiger partial charge in [0.1, 0.15) is 17.3 Å². The number of aliphatic imine (C=N–C) groups is 1. The van der Waals surface area contributed by atoms with Crippen molar-refractivity contribution in [1.82, 2.24) is 4.90 Å². The molecule has 1 N–H and O–H groups in total. The van der Waals surface area contributed by atoms with Gasteiger partial charge in [-0.3, -0.25) is 10.2 Å². The first kappa shape index (κ1) is 25.0. The first-order valence-corrected chi connectivity index (χ1v) is 13.4. The molecular formula is C23H21ClN4O5S2. The Morgan fingerprint density at radius 3 is 2.60 bits per heavy atom. The van der Waals surface area contributed by atoms with Gasteiger partial charge in [0.15, 0.2) is 0 Å². The molecule has 0 fully saturated rings. The number of nitrogens with zero attached hydrogens (tertiary/aromatic N) is 3. The molecule has 2 aliphatic heterocycles. The summed E-state index contributed by atoms with van der Waals surface area (Å²) < 4.78 is 40.0. The number of halogens is 1. The first-order chi connectivity index (χ1) is 16.8. The van der Waals surface area contributed by atoms with Gasteiger partial charge < -0.3 is 9.47 Å². The van der Waals surface area contributed by atoms with Crippen LogP contribution in [0.3, 0.4) is 0 Å². The predicted molar refractivity (Wildman–Crippen MR) is 138 cm³/mol. The second-order valence-corrected chi connectivity index (χ2v) is 10.7. The third-order valence-electron chi connectivity index (χ3n) is 4.98. The topological polar surface area (TPSA) is 121 Å². The average molecular weight is 533 g/mol. The lowest BCUT2D eigenvalue weighted by Crippen LogP contribution is -2.45. The number of hydrogen-bond donors (Lipinski definition) is 1. The quantitative estimate of drug-likeness (QED) is 0.307. The van der Waals surface area contributed by atoms with E-state index in [9.17, 15) is 13.2 Å². The molecule has 12 heteroatoms. The van der Waals surface area contributed by atoms with E-state index in [0.717, 1.165) is 22.6 Å². The SMILES string of the molecule is CCS(=O)(=O)C1=NSC2=NC(=O)/C(=C\c3ccc(OCCCOc4ccccc4)c(Cl)c3)C(=N)N21. The van der Waals surface area contributed by atoms with Crippen molar-refractivity contribution in [1.29, 1.82) is 5.41 Å². The highest BCUT2D eigenvalue weighted by atomic mass is 35.5. The number of fused-ring (bicyclic) bond motifs is 1. The van der Waals surface area contributed by atoms with Crippen molar-refractivity contribution in [2.24, 2.45) is 9.39 Å².